The molecule has 0 aliphatic carbocycles. The summed E-state index contributed by atoms with van der Waals surface area (Å²) in [5.74, 6) is -0.0379. The van der Waals surface area contributed by atoms with Crippen LogP contribution in [0.25, 0.3) is 0 Å². The Morgan fingerprint density at radius 3 is 2.53 bits per heavy atom. The van der Waals surface area contributed by atoms with Crippen LogP contribution >= 0.6 is 11.3 Å². The van der Waals surface area contributed by atoms with Gasteiger partial charge in [0, 0.05) is 13.3 Å². The van der Waals surface area contributed by atoms with Crippen molar-refractivity contribution in [3.05, 3.63) is 10.7 Å². The van der Waals surface area contributed by atoms with Crippen molar-refractivity contribution in [1.82, 2.24) is 4.98 Å². The Balaban J connectivity index is 2.81. The number of nitrogens with zero attached hydrogens (tertiary/aromatic N) is 1. The zero-order valence-corrected chi connectivity index (χ0v) is 10.8. The Bertz CT molecular complexity index is 363. The fourth-order valence-corrected chi connectivity index (χ4v) is 2.57. The highest BCUT2D eigenvalue weighted by Crippen LogP contribution is 2.29. The first-order valence-corrected chi connectivity index (χ1v) is 5.83. The van der Waals surface area contributed by atoms with Gasteiger partial charge in [-0.15, -0.1) is 11.3 Å². The third-order valence-corrected chi connectivity index (χ3v) is 2.88. The van der Waals surface area contributed by atoms with Gasteiger partial charge >= 0.3 is 0 Å². The van der Waals surface area contributed by atoms with Gasteiger partial charge in [-0.2, -0.15) is 0 Å². The Hall–Kier alpha value is -0.900. The highest BCUT2D eigenvalue weighted by molar-refractivity contribution is 7.16. The lowest BCUT2D eigenvalue weighted by molar-refractivity contribution is -0.114. The zero-order chi connectivity index (χ0) is 11.6. The molecule has 1 aromatic rings. The normalized spacial score (nSPS) is 11.5. The molecule has 1 aromatic heterocycles. The molecule has 0 aliphatic heterocycles. The summed E-state index contributed by atoms with van der Waals surface area (Å²) in [7, 11) is 0. The highest BCUT2D eigenvalue weighted by atomic mass is 32.1. The van der Waals surface area contributed by atoms with E-state index in [1.54, 1.807) is 11.3 Å². The molecule has 84 valence electrons. The molecule has 3 nitrogen and oxygen atoms in total. The van der Waals surface area contributed by atoms with Gasteiger partial charge in [0.2, 0.25) is 5.91 Å². The predicted octanol–water partition coefficient (Wildman–Crippen LogP) is 3.00. The average Bonchev–Trinajstić information content (AvgIpc) is 2.26. The maximum absolute atomic E-state index is 10.9. The first kappa shape index (κ1) is 12.2. The number of hydrogen-bond acceptors (Lipinski definition) is 3. The van der Waals surface area contributed by atoms with Crippen LogP contribution in [0.4, 0.5) is 5.00 Å². The number of thiazole rings is 1. The summed E-state index contributed by atoms with van der Waals surface area (Å²) in [6, 6.07) is 0. The summed E-state index contributed by atoms with van der Waals surface area (Å²) in [5.41, 5.74) is 1.15. The van der Waals surface area contributed by atoms with Crippen LogP contribution in [-0.4, -0.2) is 10.9 Å². The van der Waals surface area contributed by atoms with Gasteiger partial charge in [0.15, 0.2) is 0 Å². The Morgan fingerprint density at radius 2 is 2.07 bits per heavy atom. The van der Waals surface area contributed by atoms with Gasteiger partial charge in [0.25, 0.3) is 0 Å². The number of amides is 1. The Kier molecular flexibility index (Phi) is 3.50. The smallest absolute Gasteiger partial charge is 0.221 e. The van der Waals surface area contributed by atoms with Gasteiger partial charge in [-0.1, -0.05) is 20.8 Å². The van der Waals surface area contributed by atoms with Crippen molar-refractivity contribution in [3.8, 4) is 0 Å². The standard InChI is InChI=1S/C11H18N2OS/c1-7-10(13-8(2)14)15-9(12-7)6-11(3,4)5/h6H2,1-5H3,(H,13,14). The molecule has 0 saturated carbocycles. The van der Waals surface area contributed by atoms with Gasteiger partial charge in [-0.05, 0) is 12.3 Å². The van der Waals surface area contributed by atoms with Crippen molar-refractivity contribution < 1.29 is 4.79 Å². The van der Waals surface area contributed by atoms with Crippen LogP contribution in [0.15, 0.2) is 0 Å². The van der Waals surface area contributed by atoms with Crippen molar-refractivity contribution in [2.24, 2.45) is 5.41 Å². The highest BCUT2D eigenvalue weighted by Gasteiger charge is 2.16. The molecule has 0 bridgehead atoms. The largest absolute Gasteiger partial charge is 0.316 e. The molecular formula is C11H18N2OS. The minimum Gasteiger partial charge on any atom is -0.316 e. The molecule has 1 amide bonds. The molecule has 0 saturated heterocycles. The van der Waals surface area contributed by atoms with Crippen LogP contribution in [0.1, 0.15) is 38.4 Å². The van der Waals surface area contributed by atoms with Crippen molar-refractivity contribution in [2.75, 3.05) is 5.32 Å². The van der Waals surface area contributed by atoms with Crippen molar-refractivity contribution >= 4 is 22.2 Å². The number of carbonyl (C=O) groups is 1. The minimum atomic E-state index is -0.0379. The summed E-state index contributed by atoms with van der Waals surface area (Å²) in [6.07, 6.45) is 0.943. The van der Waals surface area contributed by atoms with Gasteiger partial charge in [-0.3, -0.25) is 4.79 Å². The van der Waals surface area contributed by atoms with Crippen LogP contribution in [0, 0.1) is 12.3 Å². The maximum atomic E-state index is 10.9. The number of rotatable bonds is 2. The molecule has 1 heterocycles. The molecular weight excluding hydrogens is 208 g/mol. The van der Waals surface area contributed by atoms with E-state index in [2.05, 4.69) is 31.1 Å². The topological polar surface area (TPSA) is 42.0 Å². The van der Waals surface area contributed by atoms with E-state index < -0.39 is 0 Å². The fourth-order valence-electron chi connectivity index (χ4n) is 1.26. The summed E-state index contributed by atoms with van der Waals surface area (Å²) in [5, 5.41) is 4.76. The van der Waals surface area contributed by atoms with Crippen molar-refractivity contribution in [3.63, 3.8) is 0 Å². The van der Waals surface area contributed by atoms with E-state index >= 15 is 0 Å². The molecule has 0 spiro atoms. The van der Waals surface area contributed by atoms with Crippen molar-refractivity contribution in [1.29, 1.82) is 0 Å². The van der Waals surface area contributed by atoms with E-state index in [9.17, 15) is 4.79 Å². The maximum Gasteiger partial charge on any atom is 0.221 e. The second-order valence-electron chi connectivity index (χ2n) is 4.94. The Labute approximate surface area is 94.9 Å². The van der Waals surface area contributed by atoms with Gasteiger partial charge < -0.3 is 5.32 Å². The number of anilines is 1. The third kappa shape index (κ3) is 4.00. The number of aromatic nitrogens is 1. The first-order valence-electron chi connectivity index (χ1n) is 5.02. The first-order chi connectivity index (χ1) is 6.78. The van der Waals surface area contributed by atoms with Crippen LogP contribution in [0.3, 0.4) is 0 Å². The van der Waals surface area contributed by atoms with Crippen LogP contribution in [-0.2, 0) is 11.2 Å². The van der Waals surface area contributed by atoms with Gasteiger partial charge in [0.05, 0.1) is 10.7 Å². The van der Waals surface area contributed by atoms with Gasteiger partial charge in [-0.25, -0.2) is 4.98 Å². The molecule has 1 rings (SSSR count). The molecule has 1 N–H and O–H groups in total. The zero-order valence-electron chi connectivity index (χ0n) is 9.97. The molecule has 0 aromatic carbocycles. The summed E-state index contributed by atoms with van der Waals surface area (Å²) in [6.45, 7) is 9.99. The quantitative estimate of drug-likeness (QED) is 0.842. The molecule has 15 heavy (non-hydrogen) atoms. The SMILES string of the molecule is CC(=O)Nc1sc(CC(C)(C)C)nc1C. The lowest BCUT2D eigenvalue weighted by atomic mass is 9.93. The lowest BCUT2D eigenvalue weighted by Crippen LogP contribution is -2.08. The second-order valence-corrected chi connectivity index (χ2v) is 6.02. The lowest BCUT2D eigenvalue weighted by Gasteiger charge is -2.15. The van der Waals surface area contributed by atoms with E-state index in [0.717, 1.165) is 22.1 Å². The number of nitrogens with one attached hydrogen (secondary N) is 1. The average molecular weight is 226 g/mol. The Morgan fingerprint density at radius 1 is 1.47 bits per heavy atom. The summed E-state index contributed by atoms with van der Waals surface area (Å²) >= 11 is 1.57. The van der Waals surface area contributed by atoms with E-state index in [1.807, 2.05) is 6.92 Å². The number of hydrogen-bond donors (Lipinski definition) is 1. The molecule has 4 heteroatoms. The van der Waals surface area contributed by atoms with Gasteiger partial charge in [0.1, 0.15) is 5.00 Å². The molecule has 0 aliphatic rings. The van der Waals surface area contributed by atoms with Crippen molar-refractivity contribution in [2.45, 2.75) is 41.0 Å². The molecule has 0 radical (unpaired) electrons. The number of carbonyl (C=O) groups excluding carboxylic acids is 1. The summed E-state index contributed by atoms with van der Waals surface area (Å²) < 4.78 is 0. The van der Waals surface area contributed by atoms with Crippen LogP contribution < -0.4 is 5.32 Å². The summed E-state index contributed by atoms with van der Waals surface area (Å²) in [4.78, 5) is 15.4. The third-order valence-electron chi connectivity index (χ3n) is 1.81. The number of aryl methyl sites for hydroxylation is 1. The molecule has 0 fully saturated rings. The van der Waals surface area contributed by atoms with E-state index in [4.69, 9.17) is 0 Å². The van der Waals surface area contributed by atoms with E-state index in [-0.39, 0.29) is 11.3 Å². The minimum absolute atomic E-state index is 0.0379. The molecule has 0 atom stereocenters. The fraction of sp³-hybridized carbons (Fsp3) is 0.636. The molecule has 0 unspecified atom stereocenters. The predicted molar refractivity (Wildman–Crippen MR) is 64.3 cm³/mol. The monoisotopic (exact) mass is 226 g/mol. The van der Waals surface area contributed by atoms with E-state index in [1.165, 1.54) is 6.92 Å². The second kappa shape index (κ2) is 4.31. The van der Waals surface area contributed by atoms with Crippen LogP contribution in [0.2, 0.25) is 0 Å². The van der Waals surface area contributed by atoms with E-state index in [0.29, 0.717) is 0 Å². The van der Waals surface area contributed by atoms with Crippen LogP contribution in [0.5, 0.6) is 0 Å².